The maximum atomic E-state index is 12.0. The minimum Gasteiger partial charge on any atom is -0.269 e. The van der Waals surface area contributed by atoms with Gasteiger partial charge in [0, 0.05) is 19.3 Å². The van der Waals surface area contributed by atoms with Crippen LogP contribution in [0.15, 0.2) is 40.1 Å². The molecule has 0 N–H and O–H groups in total. The molecule has 0 aliphatic rings. The fourth-order valence-electron chi connectivity index (χ4n) is 1.75. The molecule has 0 saturated carbocycles. The first-order valence-corrected chi connectivity index (χ1v) is 5.37. The summed E-state index contributed by atoms with van der Waals surface area (Å²) in [6.07, 6.45) is 1.52. The second kappa shape index (κ2) is 4.05. The maximum absolute atomic E-state index is 12.0. The standard InChI is InChI=1S/C13H14N2O2/c1-9-5-4-6-11(10(9)2)15-8-7-12(16)14(3)13(15)17/h4-8H,1-3H3. The van der Waals surface area contributed by atoms with Gasteiger partial charge < -0.3 is 0 Å². The fourth-order valence-corrected chi connectivity index (χ4v) is 1.75. The Morgan fingerprint density at radius 1 is 1.06 bits per heavy atom. The minimum atomic E-state index is -0.328. The van der Waals surface area contributed by atoms with Crippen LogP contribution in [0.5, 0.6) is 0 Å². The van der Waals surface area contributed by atoms with E-state index in [2.05, 4.69) is 0 Å². The van der Waals surface area contributed by atoms with Gasteiger partial charge in [-0.1, -0.05) is 12.1 Å². The Labute approximate surface area is 98.8 Å². The van der Waals surface area contributed by atoms with Crippen molar-refractivity contribution in [1.82, 2.24) is 9.13 Å². The van der Waals surface area contributed by atoms with Crippen LogP contribution >= 0.6 is 0 Å². The van der Waals surface area contributed by atoms with Gasteiger partial charge in [0.2, 0.25) is 0 Å². The number of hydrogen-bond acceptors (Lipinski definition) is 2. The molecule has 0 fully saturated rings. The molecule has 17 heavy (non-hydrogen) atoms. The van der Waals surface area contributed by atoms with Crippen LogP contribution in [0.2, 0.25) is 0 Å². The lowest BCUT2D eigenvalue weighted by atomic mass is 10.1. The van der Waals surface area contributed by atoms with E-state index < -0.39 is 0 Å². The van der Waals surface area contributed by atoms with Gasteiger partial charge in [0.1, 0.15) is 0 Å². The largest absolute Gasteiger partial charge is 0.335 e. The Bertz CT molecular complexity index is 681. The van der Waals surface area contributed by atoms with Crippen molar-refractivity contribution in [3.05, 3.63) is 62.4 Å². The van der Waals surface area contributed by atoms with Crippen LogP contribution in [0.3, 0.4) is 0 Å². The lowest BCUT2D eigenvalue weighted by Gasteiger charge is -2.11. The van der Waals surface area contributed by atoms with Crippen molar-refractivity contribution >= 4 is 0 Å². The third-order valence-electron chi connectivity index (χ3n) is 3.03. The first-order valence-electron chi connectivity index (χ1n) is 5.37. The van der Waals surface area contributed by atoms with Crippen molar-refractivity contribution in [1.29, 1.82) is 0 Å². The zero-order valence-electron chi connectivity index (χ0n) is 10.1. The van der Waals surface area contributed by atoms with Gasteiger partial charge in [-0.2, -0.15) is 0 Å². The van der Waals surface area contributed by atoms with Crippen LogP contribution in [0.25, 0.3) is 5.69 Å². The quantitative estimate of drug-likeness (QED) is 0.737. The minimum absolute atomic E-state index is 0.295. The number of rotatable bonds is 1. The summed E-state index contributed by atoms with van der Waals surface area (Å²) in [4.78, 5) is 23.3. The van der Waals surface area contributed by atoms with Crippen LogP contribution in [0.4, 0.5) is 0 Å². The predicted octanol–water partition coefficient (Wildman–Crippen LogP) is 1.15. The molecule has 1 aromatic heterocycles. The van der Waals surface area contributed by atoms with Crippen LogP contribution in [-0.4, -0.2) is 9.13 Å². The van der Waals surface area contributed by atoms with Crippen molar-refractivity contribution in [2.45, 2.75) is 13.8 Å². The fraction of sp³-hybridized carbons (Fsp3) is 0.231. The summed E-state index contributed by atoms with van der Waals surface area (Å²) in [5.74, 6) is 0. The lowest BCUT2D eigenvalue weighted by Crippen LogP contribution is -2.36. The highest BCUT2D eigenvalue weighted by Gasteiger charge is 2.06. The zero-order chi connectivity index (χ0) is 12.6. The molecule has 0 bridgehead atoms. The summed E-state index contributed by atoms with van der Waals surface area (Å²) in [5, 5.41) is 0. The van der Waals surface area contributed by atoms with E-state index in [1.54, 1.807) is 0 Å². The monoisotopic (exact) mass is 230 g/mol. The van der Waals surface area contributed by atoms with Gasteiger partial charge >= 0.3 is 5.69 Å². The SMILES string of the molecule is Cc1cccc(-n2ccc(=O)n(C)c2=O)c1C. The number of benzene rings is 1. The van der Waals surface area contributed by atoms with Crippen LogP contribution in [-0.2, 0) is 7.05 Å². The Hall–Kier alpha value is -2.10. The average molecular weight is 230 g/mol. The molecule has 1 aromatic carbocycles. The molecule has 2 rings (SSSR count). The summed E-state index contributed by atoms with van der Waals surface area (Å²) < 4.78 is 2.59. The van der Waals surface area contributed by atoms with Crippen LogP contribution < -0.4 is 11.2 Å². The van der Waals surface area contributed by atoms with Gasteiger partial charge in [-0.05, 0) is 31.0 Å². The molecule has 0 unspecified atom stereocenters. The Balaban J connectivity index is 2.79. The normalized spacial score (nSPS) is 10.5. The van der Waals surface area contributed by atoms with Gasteiger partial charge in [0.05, 0.1) is 5.69 Å². The molecule has 1 heterocycles. The molecule has 88 valence electrons. The third kappa shape index (κ3) is 1.82. The molecule has 0 atom stereocenters. The molecule has 0 radical (unpaired) electrons. The smallest absolute Gasteiger partial charge is 0.269 e. The van der Waals surface area contributed by atoms with E-state index in [1.165, 1.54) is 23.9 Å². The third-order valence-corrected chi connectivity index (χ3v) is 3.03. The molecule has 0 saturated heterocycles. The van der Waals surface area contributed by atoms with Gasteiger partial charge in [0.15, 0.2) is 0 Å². The van der Waals surface area contributed by atoms with Crippen molar-refractivity contribution in [2.24, 2.45) is 7.05 Å². The van der Waals surface area contributed by atoms with Crippen molar-refractivity contribution in [3.63, 3.8) is 0 Å². The zero-order valence-corrected chi connectivity index (χ0v) is 10.1. The molecular weight excluding hydrogens is 216 g/mol. The summed E-state index contributed by atoms with van der Waals surface area (Å²) in [6, 6.07) is 7.15. The van der Waals surface area contributed by atoms with E-state index in [1.807, 2.05) is 32.0 Å². The van der Waals surface area contributed by atoms with Crippen LogP contribution in [0.1, 0.15) is 11.1 Å². The summed E-state index contributed by atoms with van der Waals surface area (Å²) in [6.45, 7) is 3.95. The van der Waals surface area contributed by atoms with Gasteiger partial charge in [-0.25, -0.2) is 4.79 Å². The molecule has 0 aliphatic carbocycles. The molecular formula is C13H14N2O2. The first-order chi connectivity index (χ1) is 8.02. The molecule has 2 aromatic rings. The predicted molar refractivity (Wildman–Crippen MR) is 66.8 cm³/mol. The maximum Gasteiger partial charge on any atom is 0.335 e. The van der Waals surface area contributed by atoms with Gasteiger partial charge in [-0.3, -0.25) is 13.9 Å². The molecule has 0 spiro atoms. The number of aromatic nitrogens is 2. The molecule has 0 aliphatic heterocycles. The van der Waals surface area contributed by atoms with Crippen LogP contribution in [0, 0.1) is 13.8 Å². The molecule has 4 nitrogen and oxygen atoms in total. The molecule has 0 amide bonds. The summed E-state index contributed by atoms with van der Waals surface area (Å²) >= 11 is 0. The first kappa shape index (κ1) is 11.4. The summed E-state index contributed by atoms with van der Waals surface area (Å²) in [7, 11) is 1.48. The topological polar surface area (TPSA) is 44.0 Å². The molecule has 4 heteroatoms. The van der Waals surface area contributed by atoms with E-state index in [4.69, 9.17) is 0 Å². The highest BCUT2D eigenvalue weighted by atomic mass is 16.2. The average Bonchev–Trinajstić information content (AvgIpc) is 2.31. The second-order valence-electron chi connectivity index (χ2n) is 4.08. The summed E-state index contributed by atoms with van der Waals surface area (Å²) in [5.41, 5.74) is 2.34. The van der Waals surface area contributed by atoms with Crippen molar-refractivity contribution in [3.8, 4) is 5.69 Å². The Morgan fingerprint density at radius 2 is 1.76 bits per heavy atom. The number of aryl methyl sites for hydroxylation is 1. The van der Waals surface area contributed by atoms with Gasteiger partial charge in [0.25, 0.3) is 5.56 Å². The number of nitrogens with zero attached hydrogens (tertiary/aromatic N) is 2. The van der Waals surface area contributed by atoms with E-state index in [0.29, 0.717) is 0 Å². The van der Waals surface area contributed by atoms with Gasteiger partial charge in [-0.15, -0.1) is 0 Å². The van der Waals surface area contributed by atoms with Crippen molar-refractivity contribution < 1.29 is 0 Å². The lowest BCUT2D eigenvalue weighted by molar-refractivity contribution is 0.726. The highest BCUT2D eigenvalue weighted by molar-refractivity contribution is 5.44. The Morgan fingerprint density at radius 3 is 2.47 bits per heavy atom. The highest BCUT2D eigenvalue weighted by Crippen LogP contribution is 2.15. The van der Waals surface area contributed by atoms with E-state index >= 15 is 0 Å². The Kier molecular flexibility index (Phi) is 2.71. The van der Waals surface area contributed by atoms with Crippen molar-refractivity contribution in [2.75, 3.05) is 0 Å². The number of hydrogen-bond donors (Lipinski definition) is 0. The van der Waals surface area contributed by atoms with E-state index in [9.17, 15) is 9.59 Å². The van der Waals surface area contributed by atoms with E-state index in [0.717, 1.165) is 21.4 Å². The second-order valence-corrected chi connectivity index (χ2v) is 4.08. The van der Waals surface area contributed by atoms with E-state index in [-0.39, 0.29) is 11.2 Å².